The first-order valence-electron chi connectivity index (χ1n) is 5.01. The van der Waals surface area contributed by atoms with E-state index >= 15 is 0 Å². The summed E-state index contributed by atoms with van der Waals surface area (Å²) in [6, 6.07) is 0. The van der Waals surface area contributed by atoms with Crippen LogP contribution in [-0.4, -0.2) is 24.1 Å². The van der Waals surface area contributed by atoms with Gasteiger partial charge in [0.25, 0.3) is 0 Å². The van der Waals surface area contributed by atoms with Crippen LogP contribution in [0.25, 0.3) is 0 Å². The van der Waals surface area contributed by atoms with Crippen molar-refractivity contribution in [3.63, 3.8) is 0 Å². The molecule has 2 N–H and O–H groups in total. The molecule has 0 saturated heterocycles. The summed E-state index contributed by atoms with van der Waals surface area (Å²) in [6.07, 6.45) is 5.45. The first-order valence-corrected chi connectivity index (χ1v) is 5.01. The summed E-state index contributed by atoms with van der Waals surface area (Å²) in [5, 5.41) is 1.66. The number of hydrogen-bond acceptors (Lipinski definition) is 5. The molecule has 0 atom stereocenters. The molecule has 0 fully saturated rings. The molecule has 0 aromatic rings. The van der Waals surface area contributed by atoms with Crippen molar-refractivity contribution in [2.24, 2.45) is 0 Å². The Morgan fingerprint density at radius 1 is 1.73 bits per heavy atom. The number of carbonyl (C=O) groups is 1. The van der Waals surface area contributed by atoms with Crippen LogP contribution in [0.1, 0.15) is 19.8 Å². The molecule has 0 saturated carbocycles. The minimum Gasteiger partial charge on any atom is -0.460 e. The van der Waals surface area contributed by atoms with Crippen LogP contribution in [0.2, 0.25) is 0 Å². The third kappa shape index (κ3) is 4.03. The number of ether oxygens (including phenoxy) is 1. The molecule has 15 heavy (non-hydrogen) atoms. The molecule has 0 aromatic carbocycles. The van der Waals surface area contributed by atoms with Crippen molar-refractivity contribution in [3.8, 4) is 0 Å². The van der Waals surface area contributed by atoms with Gasteiger partial charge >= 0.3 is 5.97 Å². The highest BCUT2D eigenvalue weighted by Crippen LogP contribution is 2.05. The molecule has 1 aliphatic rings. The molecule has 0 unspecified atom stereocenters. The summed E-state index contributed by atoms with van der Waals surface area (Å²) < 4.78 is 4.85. The average Bonchev–Trinajstić information content (AvgIpc) is 2.63. The molecule has 1 rings (SSSR count). The zero-order valence-electron chi connectivity index (χ0n) is 8.95. The first-order chi connectivity index (χ1) is 7.26. The molecule has 5 heteroatoms. The van der Waals surface area contributed by atoms with E-state index in [4.69, 9.17) is 4.74 Å². The topological polar surface area (TPSA) is 53.6 Å². The highest BCUT2D eigenvalue weighted by atomic mass is 16.5. The normalized spacial score (nSPS) is 14.5. The number of rotatable bonds is 6. The van der Waals surface area contributed by atoms with Gasteiger partial charge in [-0.2, -0.15) is 0 Å². The quantitative estimate of drug-likeness (QED) is 0.500. The molecule has 84 valence electrons. The van der Waals surface area contributed by atoms with Crippen molar-refractivity contribution < 1.29 is 9.53 Å². The van der Waals surface area contributed by atoms with Crippen molar-refractivity contribution in [2.75, 3.05) is 13.2 Å². The van der Waals surface area contributed by atoms with E-state index in [1.54, 1.807) is 11.1 Å². The van der Waals surface area contributed by atoms with Crippen molar-refractivity contribution in [3.05, 3.63) is 24.6 Å². The summed E-state index contributed by atoms with van der Waals surface area (Å²) in [6.45, 7) is 6.01. The van der Waals surface area contributed by atoms with Crippen molar-refractivity contribution in [2.45, 2.75) is 19.8 Å². The first kappa shape index (κ1) is 11.6. The van der Waals surface area contributed by atoms with Crippen LogP contribution in [0.4, 0.5) is 0 Å². The number of nitrogens with zero attached hydrogens (tertiary/aromatic N) is 1. The van der Waals surface area contributed by atoms with E-state index in [2.05, 4.69) is 24.5 Å². The van der Waals surface area contributed by atoms with Crippen molar-refractivity contribution in [1.29, 1.82) is 0 Å². The van der Waals surface area contributed by atoms with E-state index in [0.29, 0.717) is 0 Å². The van der Waals surface area contributed by atoms with E-state index in [9.17, 15) is 4.79 Å². The highest BCUT2D eigenvalue weighted by Gasteiger charge is 2.13. The molecule has 0 radical (unpaired) electrons. The molecular formula is C10H17N3O2. The second kappa shape index (κ2) is 6.08. The van der Waals surface area contributed by atoms with Gasteiger partial charge in [0.1, 0.15) is 13.2 Å². The van der Waals surface area contributed by atoms with Crippen LogP contribution in [0.5, 0.6) is 0 Å². The number of esters is 1. The Morgan fingerprint density at radius 3 is 3.20 bits per heavy atom. The fourth-order valence-electron chi connectivity index (χ4n) is 1.21. The lowest BCUT2D eigenvalue weighted by molar-refractivity contribution is -0.143. The van der Waals surface area contributed by atoms with Crippen molar-refractivity contribution in [1.82, 2.24) is 16.0 Å². The van der Waals surface area contributed by atoms with Gasteiger partial charge in [0, 0.05) is 11.9 Å². The molecule has 0 spiro atoms. The van der Waals surface area contributed by atoms with Gasteiger partial charge in [-0.25, -0.2) is 0 Å². The maximum Gasteiger partial charge on any atom is 0.327 e. The predicted octanol–water partition coefficient (Wildman–Crippen LogP) is 0.682. The predicted molar refractivity (Wildman–Crippen MR) is 57.1 cm³/mol. The second-order valence-corrected chi connectivity index (χ2v) is 3.24. The molecule has 0 amide bonds. The molecule has 1 aliphatic heterocycles. The molecule has 0 aliphatic carbocycles. The lowest BCUT2D eigenvalue weighted by Crippen LogP contribution is -2.39. The van der Waals surface area contributed by atoms with Gasteiger partial charge in [0.2, 0.25) is 0 Å². The molecule has 1 heterocycles. The van der Waals surface area contributed by atoms with E-state index in [1.807, 2.05) is 6.20 Å². The minimum atomic E-state index is -0.279. The Balaban J connectivity index is 2.28. The van der Waals surface area contributed by atoms with Crippen molar-refractivity contribution >= 4 is 5.97 Å². The van der Waals surface area contributed by atoms with Crippen LogP contribution in [0.3, 0.4) is 0 Å². The largest absolute Gasteiger partial charge is 0.460 e. The minimum absolute atomic E-state index is 0.189. The van der Waals surface area contributed by atoms with Crippen LogP contribution in [0, 0.1) is 0 Å². The lowest BCUT2D eigenvalue weighted by Gasteiger charge is -2.13. The summed E-state index contributed by atoms with van der Waals surface area (Å²) in [5.41, 5.74) is 6.92. The van der Waals surface area contributed by atoms with Crippen LogP contribution in [-0.2, 0) is 9.53 Å². The Morgan fingerprint density at radius 2 is 2.53 bits per heavy atom. The zero-order chi connectivity index (χ0) is 11.1. The van der Waals surface area contributed by atoms with Gasteiger partial charge in [0.15, 0.2) is 0 Å². The van der Waals surface area contributed by atoms with E-state index in [0.717, 1.165) is 18.5 Å². The van der Waals surface area contributed by atoms with Crippen LogP contribution < -0.4 is 11.0 Å². The standard InChI is InChI=1S/C10H17N3O2/c1-3-5-9-7-13(12-11-9)8-10(14)15-6-4-2/h4,7,11-12H,2-3,5-6,8H2,1H3. The number of carbonyl (C=O) groups excluding carboxylic acids is 1. The van der Waals surface area contributed by atoms with Gasteiger partial charge in [0.05, 0.1) is 0 Å². The summed E-state index contributed by atoms with van der Waals surface area (Å²) >= 11 is 0. The van der Waals surface area contributed by atoms with E-state index < -0.39 is 0 Å². The molecule has 0 aromatic heterocycles. The molecule has 0 bridgehead atoms. The molecule has 5 nitrogen and oxygen atoms in total. The highest BCUT2D eigenvalue weighted by molar-refractivity contribution is 5.71. The lowest BCUT2D eigenvalue weighted by atomic mass is 10.3. The smallest absolute Gasteiger partial charge is 0.327 e. The average molecular weight is 211 g/mol. The maximum absolute atomic E-state index is 11.2. The number of hydrazine groups is 2. The number of nitrogens with one attached hydrogen (secondary N) is 2. The number of hydrogen-bond donors (Lipinski definition) is 2. The van der Waals surface area contributed by atoms with Gasteiger partial charge in [-0.05, 0) is 6.42 Å². The monoisotopic (exact) mass is 211 g/mol. The fraction of sp³-hybridized carbons (Fsp3) is 0.500. The summed E-state index contributed by atoms with van der Waals surface area (Å²) in [7, 11) is 0. The third-order valence-corrected chi connectivity index (χ3v) is 1.85. The van der Waals surface area contributed by atoms with E-state index in [1.165, 1.54) is 0 Å². The Bertz CT molecular complexity index is 263. The van der Waals surface area contributed by atoms with Crippen LogP contribution in [0.15, 0.2) is 24.6 Å². The van der Waals surface area contributed by atoms with Gasteiger partial charge in [-0.15, -0.1) is 5.53 Å². The third-order valence-electron chi connectivity index (χ3n) is 1.85. The molecular weight excluding hydrogens is 194 g/mol. The SMILES string of the molecule is C=CCOC(=O)CN1C=C(CCC)NN1. The number of allylic oxidation sites excluding steroid dienone is 1. The Hall–Kier alpha value is -1.49. The summed E-state index contributed by atoms with van der Waals surface area (Å²) in [5.74, 6) is -0.279. The maximum atomic E-state index is 11.2. The van der Waals surface area contributed by atoms with Crippen LogP contribution >= 0.6 is 0 Å². The van der Waals surface area contributed by atoms with Gasteiger partial charge in [-0.3, -0.25) is 9.80 Å². The Kier molecular flexibility index (Phi) is 4.70. The van der Waals surface area contributed by atoms with E-state index in [-0.39, 0.29) is 19.1 Å². The second-order valence-electron chi connectivity index (χ2n) is 3.24. The Labute approximate surface area is 89.7 Å². The van der Waals surface area contributed by atoms with Gasteiger partial charge in [-0.1, -0.05) is 26.0 Å². The van der Waals surface area contributed by atoms with Gasteiger partial charge < -0.3 is 10.2 Å². The summed E-state index contributed by atoms with van der Waals surface area (Å²) in [4.78, 5) is 11.2. The fourth-order valence-corrected chi connectivity index (χ4v) is 1.21. The zero-order valence-corrected chi connectivity index (χ0v) is 8.95.